The van der Waals surface area contributed by atoms with Crippen LogP contribution < -0.4 is 0 Å². The minimum atomic E-state index is -0.792. The Morgan fingerprint density at radius 3 is 1.62 bits per heavy atom. The Balaban J connectivity index is 3.70. The van der Waals surface area contributed by atoms with E-state index in [1.807, 2.05) is 0 Å². The normalized spacial score (nSPS) is 12.9. The molecular formula is C37H62O5. The summed E-state index contributed by atoms with van der Waals surface area (Å²) in [5.74, 6) is -0.657. The van der Waals surface area contributed by atoms with Crippen molar-refractivity contribution in [1.82, 2.24) is 0 Å². The number of hydrogen-bond donors (Lipinski definition) is 1. The Bertz CT molecular complexity index is 762. The molecule has 0 fully saturated rings. The summed E-state index contributed by atoms with van der Waals surface area (Å²) in [5.41, 5.74) is 0. The predicted molar refractivity (Wildman–Crippen MR) is 177 cm³/mol. The Labute approximate surface area is 258 Å². The SMILES string of the molecule is CC/C=C/C/C=C/C/C=C/C/C=C/CCCCC(=O)OC[C@H](CO)OC(=O)CCCCCCC/C=C/CCCCCC. The van der Waals surface area contributed by atoms with Gasteiger partial charge in [-0.05, 0) is 77.0 Å². The van der Waals surface area contributed by atoms with Crippen LogP contribution in [0.2, 0.25) is 0 Å². The third-order valence-electron chi connectivity index (χ3n) is 6.80. The number of rotatable bonds is 29. The number of esters is 2. The van der Waals surface area contributed by atoms with E-state index in [0.29, 0.717) is 12.8 Å². The molecule has 0 bridgehead atoms. The number of allylic oxidation sites excluding steroid dienone is 10. The van der Waals surface area contributed by atoms with E-state index in [-0.39, 0.29) is 25.2 Å². The van der Waals surface area contributed by atoms with E-state index in [4.69, 9.17) is 9.47 Å². The average molecular weight is 587 g/mol. The number of carbonyl (C=O) groups excluding carboxylic acids is 2. The Kier molecular flexibility index (Phi) is 31.2. The molecule has 0 amide bonds. The molecule has 0 aliphatic carbocycles. The second-order valence-electron chi connectivity index (χ2n) is 10.9. The van der Waals surface area contributed by atoms with E-state index < -0.39 is 6.10 Å². The maximum atomic E-state index is 12.1. The molecule has 0 aliphatic rings. The van der Waals surface area contributed by atoms with Crippen LogP contribution in [0.3, 0.4) is 0 Å². The summed E-state index contributed by atoms with van der Waals surface area (Å²) in [5, 5.41) is 9.50. The molecule has 1 N–H and O–H groups in total. The fraction of sp³-hybridized carbons (Fsp3) is 0.676. The van der Waals surface area contributed by atoms with Gasteiger partial charge in [0.15, 0.2) is 6.10 Å². The van der Waals surface area contributed by atoms with Gasteiger partial charge in [0, 0.05) is 12.8 Å². The standard InChI is InChI=1S/C37H62O5/c1-3-5-7-9-11-13-15-17-18-20-21-23-25-27-29-31-36(39)41-34-35(33-38)42-37(40)32-30-28-26-24-22-19-16-14-12-10-8-6-4-2/h5,7,11,13-14,16-18,21,23,35,38H,3-4,6,8-10,12,15,19-20,22,24-34H2,1-2H3/b7-5+,13-11+,16-14+,18-17+,23-21+/t35-/m0/s1. The van der Waals surface area contributed by atoms with Crippen molar-refractivity contribution in [2.75, 3.05) is 13.2 Å². The van der Waals surface area contributed by atoms with Crippen LogP contribution in [0.1, 0.15) is 142 Å². The van der Waals surface area contributed by atoms with Crippen molar-refractivity contribution in [2.24, 2.45) is 0 Å². The summed E-state index contributed by atoms with van der Waals surface area (Å²) in [4.78, 5) is 24.1. The number of ether oxygens (including phenoxy) is 2. The molecule has 0 aromatic rings. The molecule has 0 spiro atoms. The molecule has 0 saturated carbocycles. The van der Waals surface area contributed by atoms with Crippen molar-refractivity contribution in [3.05, 3.63) is 60.8 Å². The lowest BCUT2D eigenvalue weighted by Crippen LogP contribution is -2.28. The van der Waals surface area contributed by atoms with E-state index in [9.17, 15) is 14.7 Å². The highest BCUT2D eigenvalue weighted by molar-refractivity contribution is 5.70. The highest BCUT2D eigenvalue weighted by Crippen LogP contribution is 2.10. The molecule has 1 atom stereocenters. The molecular weight excluding hydrogens is 524 g/mol. The molecule has 0 aliphatic heterocycles. The number of aliphatic hydroxyl groups is 1. The van der Waals surface area contributed by atoms with Crippen molar-refractivity contribution in [3.8, 4) is 0 Å². The largest absolute Gasteiger partial charge is 0.462 e. The van der Waals surface area contributed by atoms with E-state index in [0.717, 1.165) is 70.6 Å². The number of aliphatic hydroxyl groups excluding tert-OH is 1. The van der Waals surface area contributed by atoms with Crippen LogP contribution in [-0.4, -0.2) is 36.4 Å². The maximum absolute atomic E-state index is 12.1. The first-order chi connectivity index (χ1) is 20.6. The molecule has 0 aromatic heterocycles. The zero-order valence-corrected chi connectivity index (χ0v) is 27.0. The van der Waals surface area contributed by atoms with Gasteiger partial charge in [0.1, 0.15) is 6.61 Å². The molecule has 0 aromatic carbocycles. The number of unbranched alkanes of at least 4 members (excludes halogenated alkanes) is 11. The van der Waals surface area contributed by atoms with Gasteiger partial charge < -0.3 is 14.6 Å². The van der Waals surface area contributed by atoms with Gasteiger partial charge in [0.05, 0.1) is 6.61 Å². The zero-order chi connectivity index (χ0) is 30.8. The highest BCUT2D eigenvalue weighted by Gasteiger charge is 2.16. The minimum absolute atomic E-state index is 0.0932. The second kappa shape index (κ2) is 33.1. The molecule has 0 unspecified atom stereocenters. The lowest BCUT2D eigenvalue weighted by atomic mass is 10.1. The molecule has 0 radical (unpaired) electrons. The Morgan fingerprint density at radius 2 is 1.02 bits per heavy atom. The quantitative estimate of drug-likeness (QED) is 0.0536. The lowest BCUT2D eigenvalue weighted by Gasteiger charge is -2.15. The molecule has 0 heterocycles. The summed E-state index contributed by atoms with van der Waals surface area (Å²) in [6.07, 6.45) is 41.3. The molecule has 240 valence electrons. The van der Waals surface area contributed by atoms with Crippen LogP contribution in [0.15, 0.2) is 60.8 Å². The van der Waals surface area contributed by atoms with Crippen molar-refractivity contribution in [3.63, 3.8) is 0 Å². The summed E-state index contributed by atoms with van der Waals surface area (Å²) in [6.45, 7) is 3.94. The average Bonchev–Trinajstić information content (AvgIpc) is 2.99. The summed E-state index contributed by atoms with van der Waals surface area (Å²) in [6, 6.07) is 0. The van der Waals surface area contributed by atoms with Crippen molar-refractivity contribution < 1.29 is 24.2 Å². The third kappa shape index (κ3) is 30.6. The Morgan fingerprint density at radius 1 is 0.571 bits per heavy atom. The van der Waals surface area contributed by atoms with E-state index in [1.165, 1.54) is 44.9 Å². The molecule has 0 rings (SSSR count). The van der Waals surface area contributed by atoms with Crippen LogP contribution in [0.5, 0.6) is 0 Å². The predicted octanol–water partition coefficient (Wildman–Crippen LogP) is 10.1. The highest BCUT2D eigenvalue weighted by atomic mass is 16.6. The first-order valence-corrected chi connectivity index (χ1v) is 16.8. The molecule has 5 heteroatoms. The van der Waals surface area contributed by atoms with Gasteiger partial charge in [-0.2, -0.15) is 0 Å². The van der Waals surface area contributed by atoms with Crippen molar-refractivity contribution in [2.45, 2.75) is 148 Å². The Hall–Kier alpha value is -2.40. The van der Waals surface area contributed by atoms with Gasteiger partial charge >= 0.3 is 11.9 Å². The van der Waals surface area contributed by atoms with Gasteiger partial charge in [-0.15, -0.1) is 0 Å². The van der Waals surface area contributed by atoms with Crippen LogP contribution in [0.25, 0.3) is 0 Å². The van der Waals surface area contributed by atoms with Crippen LogP contribution in [0.4, 0.5) is 0 Å². The second-order valence-corrected chi connectivity index (χ2v) is 10.9. The molecule has 42 heavy (non-hydrogen) atoms. The number of hydrogen-bond acceptors (Lipinski definition) is 5. The summed E-state index contributed by atoms with van der Waals surface area (Å²) in [7, 11) is 0. The van der Waals surface area contributed by atoms with Gasteiger partial charge in [-0.25, -0.2) is 0 Å². The molecule has 5 nitrogen and oxygen atoms in total. The molecule has 0 saturated heterocycles. The minimum Gasteiger partial charge on any atom is -0.462 e. The third-order valence-corrected chi connectivity index (χ3v) is 6.80. The van der Waals surface area contributed by atoms with Crippen LogP contribution in [0, 0.1) is 0 Å². The first-order valence-electron chi connectivity index (χ1n) is 16.8. The lowest BCUT2D eigenvalue weighted by molar-refractivity contribution is -0.161. The van der Waals surface area contributed by atoms with Crippen LogP contribution >= 0.6 is 0 Å². The van der Waals surface area contributed by atoms with Gasteiger partial charge in [0.2, 0.25) is 0 Å². The number of carbonyl (C=O) groups is 2. The van der Waals surface area contributed by atoms with Crippen molar-refractivity contribution in [1.29, 1.82) is 0 Å². The fourth-order valence-electron chi connectivity index (χ4n) is 4.24. The zero-order valence-electron chi connectivity index (χ0n) is 27.0. The smallest absolute Gasteiger partial charge is 0.306 e. The van der Waals surface area contributed by atoms with Crippen molar-refractivity contribution >= 4 is 11.9 Å². The van der Waals surface area contributed by atoms with Crippen LogP contribution in [-0.2, 0) is 19.1 Å². The monoisotopic (exact) mass is 586 g/mol. The van der Waals surface area contributed by atoms with E-state index >= 15 is 0 Å². The maximum Gasteiger partial charge on any atom is 0.306 e. The topological polar surface area (TPSA) is 72.8 Å². The fourth-order valence-corrected chi connectivity index (χ4v) is 4.24. The van der Waals surface area contributed by atoms with Gasteiger partial charge in [0.25, 0.3) is 0 Å². The van der Waals surface area contributed by atoms with E-state index in [2.05, 4.69) is 74.6 Å². The summed E-state index contributed by atoms with van der Waals surface area (Å²) < 4.78 is 10.5. The van der Waals surface area contributed by atoms with E-state index in [1.54, 1.807) is 0 Å². The van der Waals surface area contributed by atoms with Gasteiger partial charge in [-0.1, -0.05) is 113 Å². The van der Waals surface area contributed by atoms with Gasteiger partial charge in [-0.3, -0.25) is 9.59 Å². The first kappa shape index (κ1) is 39.6. The summed E-state index contributed by atoms with van der Waals surface area (Å²) >= 11 is 0.